The molecule has 0 amide bonds. The zero-order valence-corrected chi connectivity index (χ0v) is 11.7. The molecule has 0 saturated heterocycles. The summed E-state index contributed by atoms with van der Waals surface area (Å²) in [5.74, 6) is 0.553. The second-order valence-corrected chi connectivity index (χ2v) is 5.02. The molecule has 1 atom stereocenters. The van der Waals surface area contributed by atoms with E-state index in [9.17, 15) is 0 Å². The van der Waals surface area contributed by atoms with Crippen molar-refractivity contribution in [3.05, 3.63) is 42.0 Å². The van der Waals surface area contributed by atoms with Crippen molar-refractivity contribution in [3.63, 3.8) is 0 Å². The van der Waals surface area contributed by atoms with Crippen LogP contribution in [0.5, 0.6) is 0 Å². The molecule has 0 radical (unpaired) electrons. The molecule has 0 fully saturated rings. The lowest BCUT2D eigenvalue weighted by Crippen LogP contribution is -2.29. The molecule has 1 aromatic carbocycles. The summed E-state index contributed by atoms with van der Waals surface area (Å²) in [5, 5.41) is 3.41. The van der Waals surface area contributed by atoms with Gasteiger partial charge < -0.3 is 10.1 Å². The van der Waals surface area contributed by atoms with E-state index in [-0.39, 0.29) is 0 Å². The lowest BCUT2D eigenvalue weighted by Gasteiger charge is -2.14. The van der Waals surface area contributed by atoms with Crippen molar-refractivity contribution in [2.24, 2.45) is 5.92 Å². The Morgan fingerprint density at radius 3 is 2.56 bits per heavy atom. The predicted octanol–water partition coefficient (Wildman–Crippen LogP) is 3.35. The molecule has 0 saturated carbocycles. The van der Waals surface area contributed by atoms with Crippen molar-refractivity contribution >= 4 is 6.08 Å². The van der Waals surface area contributed by atoms with E-state index in [1.54, 1.807) is 0 Å². The van der Waals surface area contributed by atoms with Crippen LogP contribution in [-0.4, -0.2) is 25.8 Å². The van der Waals surface area contributed by atoms with E-state index in [2.05, 4.69) is 50.4 Å². The maximum Gasteiger partial charge on any atom is 0.0650 e. The average molecular weight is 247 g/mol. The minimum atomic E-state index is 0.547. The summed E-state index contributed by atoms with van der Waals surface area (Å²) >= 11 is 0. The lowest BCUT2D eigenvalue weighted by molar-refractivity contribution is 0.127. The minimum Gasteiger partial charge on any atom is -0.377 e. The van der Waals surface area contributed by atoms with Crippen LogP contribution in [0.15, 0.2) is 36.4 Å². The normalized spacial score (nSPS) is 13.3. The first-order valence-electron chi connectivity index (χ1n) is 6.71. The molecule has 1 aromatic rings. The smallest absolute Gasteiger partial charge is 0.0650 e. The highest BCUT2D eigenvalue weighted by molar-refractivity contribution is 5.48. The molecule has 1 N–H and O–H groups in total. The lowest BCUT2D eigenvalue weighted by atomic mass is 10.2. The summed E-state index contributed by atoms with van der Waals surface area (Å²) < 4.78 is 5.62. The molecule has 0 spiro atoms. The third kappa shape index (κ3) is 7.25. The number of hydrogen-bond acceptors (Lipinski definition) is 2. The van der Waals surface area contributed by atoms with Gasteiger partial charge in [0.05, 0.1) is 13.2 Å². The Hall–Kier alpha value is -1.12. The Morgan fingerprint density at radius 1 is 1.17 bits per heavy atom. The van der Waals surface area contributed by atoms with Crippen LogP contribution in [0.1, 0.15) is 26.3 Å². The van der Waals surface area contributed by atoms with Crippen LogP contribution in [0, 0.1) is 5.92 Å². The van der Waals surface area contributed by atoms with Crippen LogP contribution in [0.4, 0.5) is 0 Å². The van der Waals surface area contributed by atoms with Gasteiger partial charge in [-0.1, -0.05) is 63.3 Å². The summed E-state index contributed by atoms with van der Waals surface area (Å²) in [7, 11) is 0. The van der Waals surface area contributed by atoms with Gasteiger partial charge >= 0.3 is 0 Å². The van der Waals surface area contributed by atoms with Crippen molar-refractivity contribution in [1.82, 2.24) is 5.32 Å². The molecule has 0 aliphatic rings. The number of nitrogens with one attached hydrogen (secondary N) is 1. The first-order valence-corrected chi connectivity index (χ1v) is 6.71. The Kier molecular flexibility index (Phi) is 7.38. The van der Waals surface area contributed by atoms with E-state index in [1.165, 1.54) is 5.56 Å². The predicted molar refractivity (Wildman–Crippen MR) is 78.6 cm³/mol. The Balaban J connectivity index is 2.09. The van der Waals surface area contributed by atoms with Gasteiger partial charge in [-0.05, 0) is 11.5 Å². The van der Waals surface area contributed by atoms with Gasteiger partial charge in [-0.25, -0.2) is 0 Å². The Bertz CT molecular complexity index is 332. The van der Waals surface area contributed by atoms with Gasteiger partial charge in [0.25, 0.3) is 0 Å². The molecule has 2 heteroatoms. The van der Waals surface area contributed by atoms with Gasteiger partial charge in [0.15, 0.2) is 0 Å². The highest BCUT2D eigenvalue weighted by atomic mass is 16.5. The number of benzene rings is 1. The van der Waals surface area contributed by atoms with Gasteiger partial charge in [-0.2, -0.15) is 0 Å². The van der Waals surface area contributed by atoms with Crippen molar-refractivity contribution in [1.29, 1.82) is 0 Å². The molecule has 1 rings (SSSR count). The summed E-state index contributed by atoms with van der Waals surface area (Å²) in [6, 6.07) is 10.8. The fraction of sp³-hybridized carbons (Fsp3) is 0.500. The van der Waals surface area contributed by atoms with Crippen molar-refractivity contribution in [3.8, 4) is 0 Å². The highest BCUT2D eigenvalue weighted by Gasteiger charge is 2.01. The molecule has 2 nitrogen and oxygen atoms in total. The van der Waals surface area contributed by atoms with Crippen molar-refractivity contribution in [2.45, 2.75) is 26.8 Å². The van der Waals surface area contributed by atoms with Gasteiger partial charge in [0, 0.05) is 12.6 Å². The third-order valence-corrected chi connectivity index (χ3v) is 2.60. The monoisotopic (exact) mass is 247 g/mol. The maximum absolute atomic E-state index is 5.62. The molecule has 0 bridgehead atoms. The Labute approximate surface area is 111 Å². The fourth-order valence-corrected chi connectivity index (χ4v) is 1.58. The summed E-state index contributed by atoms with van der Waals surface area (Å²) in [5.41, 5.74) is 1.22. The fourth-order valence-electron chi connectivity index (χ4n) is 1.58. The number of hydrogen-bond donors (Lipinski definition) is 1. The van der Waals surface area contributed by atoms with Crippen LogP contribution in [0.3, 0.4) is 0 Å². The first kappa shape index (κ1) is 14.9. The standard InChI is InChI=1S/C16H25NO/c1-14(2)17-12-15(3)13-18-11-7-10-16-8-5-4-6-9-16/h4-10,14-15,17H,11-13H2,1-3H3/b10-7+. The molecule has 0 aliphatic carbocycles. The summed E-state index contributed by atoms with van der Waals surface area (Å²) in [4.78, 5) is 0. The summed E-state index contributed by atoms with van der Waals surface area (Å²) in [6.45, 7) is 9.03. The quantitative estimate of drug-likeness (QED) is 0.711. The second-order valence-electron chi connectivity index (χ2n) is 5.02. The van der Waals surface area contributed by atoms with E-state index >= 15 is 0 Å². The van der Waals surface area contributed by atoms with Gasteiger partial charge in [0.2, 0.25) is 0 Å². The molecular formula is C16H25NO. The number of ether oxygens (including phenoxy) is 1. The molecular weight excluding hydrogens is 222 g/mol. The maximum atomic E-state index is 5.62. The molecule has 1 unspecified atom stereocenters. The van der Waals surface area contributed by atoms with Crippen LogP contribution >= 0.6 is 0 Å². The van der Waals surface area contributed by atoms with Gasteiger partial charge in [-0.15, -0.1) is 0 Å². The topological polar surface area (TPSA) is 21.3 Å². The zero-order chi connectivity index (χ0) is 13.2. The SMILES string of the molecule is CC(CNC(C)C)COC/C=C/c1ccccc1. The van der Waals surface area contributed by atoms with Crippen LogP contribution in [0.2, 0.25) is 0 Å². The third-order valence-electron chi connectivity index (χ3n) is 2.60. The van der Waals surface area contributed by atoms with Crippen molar-refractivity contribution in [2.75, 3.05) is 19.8 Å². The summed E-state index contributed by atoms with van der Waals surface area (Å²) in [6.07, 6.45) is 4.16. The van der Waals surface area contributed by atoms with Crippen LogP contribution in [-0.2, 0) is 4.74 Å². The minimum absolute atomic E-state index is 0.547. The molecule has 0 heterocycles. The molecule has 0 aliphatic heterocycles. The van der Waals surface area contributed by atoms with Gasteiger partial charge in [-0.3, -0.25) is 0 Å². The van der Waals surface area contributed by atoms with E-state index in [0.717, 1.165) is 13.2 Å². The second kappa shape index (κ2) is 8.90. The highest BCUT2D eigenvalue weighted by Crippen LogP contribution is 2.01. The van der Waals surface area contributed by atoms with E-state index < -0.39 is 0 Å². The average Bonchev–Trinajstić information content (AvgIpc) is 2.37. The Morgan fingerprint density at radius 2 is 1.89 bits per heavy atom. The van der Waals surface area contributed by atoms with Crippen molar-refractivity contribution < 1.29 is 4.74 Å². The van der Waals surface area contributed by atoms with Gasteiger partial charge in [0.1, 0.15) is 0 Å². The van der Waals surface area contributed by atoms with E-state index in [0.29, 0.717) is 18.6 Å². The molecule has 0 aromatic heterocycles. The first-order chi connectivity index (χ1) is 8.68. The zero-order valence-electron chi connectivity index (χ0n) is 11.7. The molecule has 100 valence electrons. The van der Waals surface area contributed by atoms with Crippen LogP contribution in [0.25, 0.3) is 6.08 Å². The van der Waals surface area contributed by atoms with Crippen LogP contribution < -0.4 is 5.32 Å². The largest absolute Gasteiger partial charge is 0.377 e. The number of rotatable bonds is 8. The molecule has 18 heavy (non-hydrogen) atoms. The van der Waals surface area contributed by atoms with E-state index in [1.807, 2.05) is 18.2 Å². The van der Waals surface area contributed by atoms with E-state index in [4.69, 9.17) is 4.74 Å².